The maximum Gasteiger partial charge on any atom is 0.262 e. The van der Waals surface area contributed by atoms with Crippen LogP contribution in [0.1, 0.15) is 62.1 Å². The number of rotatable bonds is 6. The average molecular weight is 494 g/mol. The summed E-state index contributed by atoms with van der Waals surface area (Å²) in [5, 5.41) is 0. The summed E-state index contributed by atoms with van der Waals surface area (Å²) in [7, 11) is 0. The summed E-state index contributed by atoms with van der Waals surface area (Å²) in [6.45, 7) is -1.06. The van der Waals surface area contributed by atoms with Crippen molar-refractivity contribution >= 4 is 35.4 Å². The molecule has 3 aromatic rings. The molecular formula is C27H18N4O6. The molecule has 0 N–H and O–H groups in total. The highest BCUT2D eigenvalue weighted by atomic mass is 16.2. The standard InChI is InChI=1S/C27H18N4O6/c32-22-16-7-1-2-8-17(16)23(33)29(22)13-28(14-30-24(34)18-9-3-4-10-19(18)25(30)35)15-31-26(36)20-11-5-6-12-21(20)27(31)37/h1-12H,13-15H2. The van der Waals surface area contributed by atoms with Crippen molar-refractivity contribution in [3.8, 4) is 0 Å². The Labute approximate surface area is 210 Å². The predicted octanol–water partition coefficient (Wildman–Crippen LogP) is 2.05. The summed E-state index contributed by atoms with van der Waals surface area (Å²) in [5.74, 6) is -3.28. The van der Waals surface area contributed by atoms with Crippen LogP contribution in [0.2, 0.25) is 0 Å². The summed E-state index contributed by atoms with van der Waals surface area (Å²) < 4.78 is 0. The van der Waals surface area contributed by atoms with E-state index < -0.39 is 35.4 Å². The van der Waals surface area contributed by atoms with E-state index in [-0.39, 0.29) is 53.4 Å². The topological polar surface area (TPSA) is 115 Å². The zero-order chi connectivity index (χ0) is 25.8. The SMILES string of the molecule is O=C1c2ccccc2C(=O)N1CN(CN1C(=O)c2ccccc2C1=O)CN1C(=O)c2ccccc2C1=O. The van der Waals surface area contributed by atoms with Gasteiger partial charge in [0.05, 0.1) is 53.4 Å². The van der Waals surface area contributed by atoms with E-state index in [2.05, 4.69) is 0 Å². The largest absolute Gasteiger partial charge is 0.269 e. The third kappa shape index (κ3) is 3.38. The number of fused-ring (bicyclic) bond motifs is 3. The number of hydrogen-bond acceptors (Lipinski definition) is 7. The minimum atomic E-state index is -0.546. The van der Waals surface area contributed by atoms with Gasteiger partial charge in [-0.1, -0.05) is 36.4 Å². The highest BCUT2D eigenvalue weighted by Crippen LogP contribution is 2.27. The van der Waals surface area contributed by atoms with E-state index in [9.17, 15) is 28.8 Å². The monoisotopic (exact) mass is 494 g/mol. The number of benzene rings is 3. The summed E-state index contributed by atoms with van der Waals surface area (Å²) in [6, 6.07) is 19.1. The van der Waals surface area contributed by atoms with Gasteiger partial charge in [-0.05, 0) is 36.4 Å². The molecule has 0 aromatic heterocycles. The van der Waals surface area contributed by atoms with Crippen molar-refractivity contribution in [1.29, 1.82) is 0 Å². The molecule has 3 aromatic carbocycles. The molecule has 0 radical (unpaired) electrons. The fourth-order valence-corrected chi connectivity index (χ4v) is 4.84. The molecule has 0 saturated carbocycles. The first-order valence-electron chi connectivity index (χ1n) is 11.4. The first-order valence-corrected chi connectivity index (χ1v) is 11.4. The van der Waals surface area contributed by atoms with E-state index in [1.807, 2.05) is 0 Å². The molecule has 3 heterocycles. The Morgan fingerprint density at radius 1 is 0.378 bits per heavy atom. The molecule has 3 aliphatic rings. The summed E-state index contributed by atoms with van der Waals surface area (Å²) in [4.78, 5) is 82.4. The van der Waals surface area contributed by atoms with Gasteiger partial charge in [0.15, 0.2) is 0 Å². The van der Waals surface area contributed by atoms with Crippen LogP contribution in [0, 0.1) is 0 Å². The number of nitrogens with zero attached hydrogens (tertiary/aromatic N) is 4. The van der Waals surface area contributed by atoms with E-state index in [1.165, 1.54) is 41.3 Å². The van der Waals surface area contributed by atoms with E-state index in [4.69, 9.17) is 0 Å². The molecule has 0 bridgehead atoms. The van der Waals surface area contributed by atoms with Crippen LogP contribution in [-0.4, -0.2) is 75.0 Å². The van der Waals surface area contributed by atoms with E-state index in [0.717, 1.165) is 14.7 Å². The first kappa shape index (κ1) is 22.5. The second kappa shape index (κ2) is 8.32. The molecule has 6 rings (SSSR count). The summed E-state index contributed by atoms with van der Waals surface area (Å²) >= 11 is 0. The minimum absolute atomic E-state index is 0.230. The molecule has 37 heavy (non-hydrogen) atoms. The molecule has 0 saturated heterocycles. The van der Waals surface area contributed by atoms with Gasteiger partial charge in [-0.3, -0.25) is 43.5 Å². The first-order chi connectivity index (χ1) is 17.9. The summed E-state index contributed by atoms with van der Waals surface area (Å²) in [5.41, 5.74) is 1.38. The Bertz CT molecular complexity index is 1270. The lowest BCUT2D eigenvalue weighted by atomic mass is 10.1. The van der Waals surface area contributed by atoms with Gasteiger partial charge < -0.3 is 0 Å². The molecule has 0 unspecified atom stereocenters. The minimum Gasteiger partial charge on any atom is -0.269 e. The third-order valence-corrected chi connectivity index (χ3v) is 6.66. The normalized spacial score (nSPS) is 16.3. The Morgan fingerprint density at radius 3 is 0.757 bits per heavy atom. The summed E-state index contributed by atoms with van der Waals surface area (Å²) in [6.07, 6.45) is 0. The van der Waals surface area contributed by atoms with Crippen molar-refractivity contribution < 1.29 is 28.8 Å². The van der Waals surface area contributed by atoms with Crippen molar-refractivity contribution in [2.45, 2.75) is 0 Å². The predicted molar refractivity (Wildman–Crippen MR) is 127 cm³/mol. The fourth-order valence-electron chi connectivity index (χ4n) is 4.84. The molecule has 0 spiro atoms. The maximum absolute atomic E-state index is 13.0. The number of carbonyl (C=O) groups excluding carboxylic acids is 6. The highest BCUT2D eigenvalue weighted by molar-refractivity contribution is 6.23. The molecule has 10 nitrogen and oxygen atoms in total. The Kier molecular flexibility index (Phi) is 5.06. The van der Waals surface area contributed by atoms with Crippen LogP contribution in [0.5, 0.6) is 0 Å². The van der Waals surface area contributed by atoms with E-state index in [0.29, 0.717) is 0 Å². The molecule has 0 atom stereocenters. The highest BCUT2D eigenvalue weighted by Gasteiger charge is 2.42. The fraction of sp³-hybridized carbons (Fsp3) is 0.111. The van der Waals surface area contributed by atoms with Gasteiger partial charge in [0.1, 0.15) is 0 Å². The van der Waals surface area contributed by atoms with E-state index in [1.54, 1.807) is 36.4 Å². The van der Waals surface area contributed by atoms with Crippen molar-refractivity contribution in [1.82, 2.24) is 19.6 Å². The van der Waals surface area contributed by atoms with Crippen LogP contribution in [0.25, 0.3) is 0 Å². The maximum atomic E-state index is 13.0. The number of amides is 6. The zero-order valence-corrected chi connectivity index (χ0v) is 19.3. The second-order valence-electron chi connectivity index (χ2n) is 8.85. The van der Waals surface area contributed by atoms with Crippen LogP contribution < -0.4 is 0 Å². The van der Waals surface area contributed by atoms with E-state index >= 15 is 0 Å². The van der Waals surface area contributed by atoms with Crippen LogP contribution in [0.4, 0.5) is 0 Å². The average Bonchev–Trinajstić information content (AvgIpc) is 3.42. The number of hydrogen-bond donors (Lipinski definition) is 0. The Balaban J connectivity index is 1.31. The van der Waals surface area contributed by atoms with Gasteiger partial charge in [0, 0.05) is 0 Å². The molecule has 10 heteroatoms. The lowest BCUT2D eigenvalue weighted by Crippen LogP contribution is -2.52. The molecule has 0 aliphatic carbocycles. The lowest BCUT2D eigenvalue weighted by Gasteiger charge is -2.32. The second-order valence-corrected chi connectivity index (χ2v) is 8.85. The third-order valence-electron chi connectivity index (χ3n) is 6.66. The van der Waals surface area contributed by atoms with Crippen molar-refractivity contribution in [3.05, 3.63) is 106 Å². The van der Waals surface area contributed by atoms with Crippen LogP contribution in [0.15, 0.2) is 72.8 Å². The Hall–Kier alpha value is -4.96. The zero-order valence-electron chi connectivity index (χ0n) is 19.3. The van der Waals surface area contributed by atoms with Gasteiger partial charge in [-0.15, -0.1) is 0 Å². The molecule has 0 fully saturated rings. The van der Waals surface area contributed by atoms with Crippen molar-refractivity contribution in [2.75, 3.05) is 20.0 Å². The molecule has 182 valence electrons. The van der Waals surface area contributed by atoms with Gasteiger partial charge >= 0.3 is 0 Å². The van der Waals surface area contributed by atoms with Gasteiger partial charge in [-0.2, -0.15) is 0 Å². The number of carbonyl (C=O) groups is 6. The van der Waals surface area contributed by atoms with Crippen LogP contribution >= 0.6 is 0 Å². The van der Waals surface area contributed by atoms with Gasteiger partial charge in [-0.25, -0.2) is 4.90 Å². The molecule has 3 aliphatic heterocycles. The lowest BCUT2D eigenvalue weighted by molar-refractivity contribution is 0.0250. The smallest absolute Gasteiger partial charge is 0.262 e. The quantitative estimate of drug-likeness (QED) is 0.482. The van der Waals surface area contributed by atoms with Crippen molar-refractivity contribution in [3.63, 3.8) is 0 Å². The van der Waals surface area contributed by atoms with Gasteiger partial charge in [0.25, 0.3) is 35.4 Å². The molecular weight excluding hydrogens is 476 g/mol. The van der Waals surface area contributed by atoms with Crippen LogP contribution in [0.3, 0.4) is 0 Å². The van der Waals surface area contributed by atoms with Crippen molar-refractivity contribution in [2.24, 2.45) is 0 Å². The number of imide groups is 3. The van der Waals surface area contributed by atoms with Crippen LogP contribution in [-0.2, 0) is 0 Å². The van der Waals surface area contributed by atoms with Gasteiger partial charge in [0.2, 0.25) is 0 Å². The molecule has 6 amide bonds. The Morgan fingerprint density at radius 2 is 0.568 bits per heavy atom.